The molecule has 1 atom stereocenters. The maximum Gasteiger partial charge on any atom is 0.382 e. The summed E-state index contributed by atoms with van der Waals surface area (Å²) in [5, 5.41) is 17.8. The van der Waals surface area contributed by atoms with Gasteiger partial charge in [-0.1, -0.05) is 72.5 Å². The lowest BCUT2D eigenvalue weighted by atomic mass is 9.87. The lowest BCUT2D eigenvalue weighted by Crippen LogP contribution is -2.43. The summed E-state index contributed by atoms with van der Waals surface area (Å²) in [5.41, 5.74) is 9.45. The number of rotatable bonds is 13. The maximum absolute atomic E-state index is 12.6. The van der Waals surface area contributed by atoms with Gasteiger partial charge < -0.3 is 20.2 Å². The second-order valence-electron chi connectivity index (χ2n) is 18.9. The highest BCUT2D eigenvalue weighted by Crippen LogP contribution is 2.33. The Bertz CT molecular complexity index is 2280. The molecular weight excluding hydrogens is 777 g/mol. The molecule has 0 spiro atoms. The van der Waals surface area contributed by atoms with Crippen LogP contribution in [0.15, 0.2) is 60.9 Å². The summed E-state index contributed by atoms with van der Waals surface area (Å²) in [4.78, 5) is 56.0. The SMILES string of the molecule is CC(C)(C)CC(=O)c1ccc2[nH]cc(C3=CCN(C(C)(C)C)CC3)c2c1.CCCCCCC(=O)c1ccc2[nH]cc(C3=CCN(C(C)CCC)CC3)c2c1.O=C(O)C#CC(=O)O. The van der Waals surface area contributed by atoms with E-state index in [1.807, 2.05) is 18.2 Å². The summed E-state index contributed by atoms with van der Waals surface area (Å²) in [6, 6.07) is 12.9. The van der Waals surface area contributed by atoms with Crippen LogP contribution in [0.1, 0.15) is 158 Å². The molecule has 2 aromatic carbocycles. The fourth-order valence-corrected chi connectivity index (χ4v) is 8.12. The van der Waals surface area contributed by atoms with Gasteiger partial charge in [0.2, 0.25) is 0 Å². The summed E-state index contributed by atoms with van der Waals surface area (Å²) in [5.74, 6) is 0.454. The van der Waals surface area contributed by atoms with Crippen LogP contribution in [0.25, 0.3) is 33.0 Å². The highest BCUT2D eigenvalue weighted by Gasteiger charge is 2.25. The van der Waals surface area contributed by atoms with E-state index in [0.29, 0.717) is 18.9 Å². The van der Waals surface area contributed by atoms with Crippen molar-refractivity contribution >= 4 is 56.5 Å². The van der Waals surface area contributed by atoms with Gasteiger partial charge in [0.15, 0.2) is 11.6 Å². The first-order valence-corrected chi connectivity index (χ1v) is 22.5. The van der Waals surface area contributed by atoms with Crippen LogP contribution in [-0.4, -0.2) is 91.2 Å². The van der Waals surface area contributed by atoms with Gasteiger partial charge in [0, 0.05) is 119 Å². The molecule has 6 rings (SSSR count). The molecule has 2 aliphatic heterocycles. The quantitative estimate of drug-likeness (QED) is 0.0591. The van der Waals surface area contributed by atoms with Gasteiger partial charge in [-0.2, -0.15) is 0 Å². The predicted molar refractivity (Wildman–Crippen MR) is 254 cm³/mol. The van der Waals surface area contributed by atoms with Gasteiger partial charge in [0.1, 0.15) is 0 Å². The van der Waals surface area contributed by atoms with Gasteiger partial charge >= 0.3 is 11.9 Å². The van der Waals surface area contributed by atoms with E-state index in [9.17, 15) is 19.2 Å². The third kappa shape index (κ3) is 14.7. The maximum atomic E-state index is 12.6. The van der Waals surface area contributed by atoms with Gasteiger partial charge in [-0.25, -0.2) is 9.59 Å². The molecule has 4 heterocycles. The third-order valence-electron chi connectivity index (χ3n) is 11.7. The number of carbonyl (C=O) groups excluding carboxylic acids is 2. The lowest BCUT2D eigenvalue weighted by molar-refractivity contribution is -0.132. The van der Waals surface area contributed by atoms with E-state index in [1.54, 1.807) is 0 Å². The van der Waals surface area contributed by atoms with Crippen LogP contribution in [0.4, 0.5) is 0 Å². The molecular formula is C52H70N4O6. The fraction of sp³-hybridized carbons (Fsp3) is 0.500. The Hall–Kier alpha value is -5.24. The minimum absolute atomic E-state index is 0.00925. The highest BCUT2D eigenvalue weighted by atomic mass is 16.4. The van der Waals surface area contributed by atoms with Crippen LogP contribution in [0.5, 0.6) is 0 Å². The van der Waals surface area contributed by atoms with Crippen LogP contribution < -0.4 is 0 Å². The van der Waals surface area contributed by atoms with E-state index >= 15 is 0 Å². The molecule has 0 amide bonds. The zero-order valence-electron chi connectivity index (χ0n) is 38.7. The number of Topliss-reactive ketones (excluding diaryl/α,β-unsaturated/α-hetero) is 2. The number of H-pyrrole nitrogens is 2. The molecule has 334 valence electrons. The molecule has 0 saturated heterocycles. The van der Waals surface area contributed by atoms with Crippen molar-refractivity contribution in [3.05, 3.63) is 83.2 Å². The number of benzene rings is 2. The molecule has 0 saturated carbocycles. The van der Waals surface area contributed by atoms with E-state index in [1.165, 1.54) is 70.6 Å². The molecule has 4 N–H and O–H groups in total. The number of hydrogen-bond acceptors (Lipinski definition) is 6. The van der Waals surface area contributed by atoms with Crippen molar-refractivity contribution in [1.29, 1.82) is 0 Å². The number of carbonyl (C=O) groups is 4. The number of carboxylic acids is 2. The molecule has 2 aromatic heterocycles. The molecule has 62 heavy (non-hydrogen) atoms. The van der Waals surface area contributed by atoms with Crippen molar-refractivity contribution in [2.75, 3.05) is 26.2 Å². The summed E-state index contributed by atoms with van der Waals surface area (Å²) >= 11 is 0. The molecule has 10 heteroatoms. The molecule has 0 bridgehead atoms. The Morgan fingerprint density at radius 1 is 0.710 bits per heavy atom. The molecule has 0 aliphatic carbocycles. The van der Waals surface area contributed by atoms with Crippen LogP contribution >= 0.6 is 0 Å². The number of ketones is 2. The van der Waals surface area contributed by atoms with Crippen LogP contribution in [0, 0.1) is 17.3 Å². The number of aliphatic carboxylic acids is 2. The second kappa shape index (κ2) is 22.7. The number of nitrogens with one attached hydrogen (secondary N) is 2. The van der Waals surface area contributed by atoms with Crippen molar-refractivity contribution in [3.63, 3.8) is 0 Å². The first-order chi connectivity index (χ1) is 29.3. The van der Waals surface area contributed by atoms with Gasteiger partial charge in [-0.05, 0) is 106 Å². The standard InChI is InChI=1S/C25H36N2O.C23H32N2O.C4H2O4/c1-4-6-7-8-10-25(28)21-11-12-24-22(17-21)23(18-26-24)20-13-15-27(16-14-20)19(3)9-5-2;1-22(2,3)14-21(26)17-7-8-20-18(13-17)19(15-24-20)16-9-11-25(12-10-16)23(4,5)6;5-3(6)1-2-4(7)8/h11-13,17-19,26H,4-10,14-16H2,1-3H3;7-9,13,15,24H,10-12,14H2,1-6H3;(H,5,6)(H,7,8). The van der Waals surface area contributed by atoms with Crippen molar-refractivity contribution in [2.24, 2.45) is 5.41 Å². The molecule has 0 radical (unpaired) electrons. The van der Waals surface area contributed by atoms with E-state index < -0.39 is 11.9 Å². The minimum atomic E-state index is -1.44. The molecule has 4 aromatic rings. The average Bonchev–Trinajstić information content (AvgIpc) is 3.85. The number of aromatic nitrogens is 2. The number of carboxylic acid groups (broad SMARTS) is 2. The number of aromatic amines is 2. The van der Waals surface area contributed by atoms with Gasteiger partial charge in [-0.3, -0.25) is 19.4 Å². The summed E-state index contributed by atoms with van der Waals surface area (Å²) in [6.45, 7) is 24.1. The number of nitrogens with zero attached hydrogens (tertiary/aromatic N) is 2. The van der Waals surface area contributed by atoms with Crippen molar-refractivity contribution in [3.8, 4) is 11.8 Å². The highest BCUT2D eigenvalue weighted by molar-refractivity contribution is 6.03. The molecule has 1 unspecified atom stereocenters. The van der Waals surface area contributed by atoms with Crippen molar-refractivity contribution in [1.82, 2.24) is 19.8 Å². The van der Waals surface area contributed by atoms with E-state index in [-0.39, 0.29) is 22.5 Å². The fourth-order valence-electron chi connectivity index (χ4n) is 8.12. The van der Waals surface area contributed by atoms with E-state index in [2.05, 4.69) is 125 Å². The average molecular weight is 847 g/mol. The third-order valence-corrected chi connectivity index (χ3v) is 11.7. The van der Waals surface area contributed by atoms with Crippen molar-refractivity contribution in [2.45, 2.75) is 138 Å². The second-order valence-corrected chi connectivity index (χ2v) is 18.9. The lowest BCUT2D eigenvalue weighted by Gasteiger charge is -2.37. The van der Waals surface area contributed by atoms with Crippen LogP contribution in [0.2, 0.25) is 0 Å². The van der Waals surface area contributed by atoms with Crippen LogP contribution in [0.3, 0.4) is 0 Å². The van der Waals surface area contributed by atoms with Crippen molar-refractivity contribution < 1.29 is 29.4 Å². The Kier molecular flexibility index (Phi) is 18.1. The molecule has 10 nitrogen and oxygen atoms in total. The number of fused-ring (bicyclic) bond motifs is 2. The van der Waals surface area contributed by atoms with E-state index in [4.69, 9.17) is 10.2 Å². The Morgan fingerprint density at radius 3 is 1.68 bits per heavy atom. The zero-order chi connectivity index (χ0) is 45.6. The molecule has 2 aliphatic rings. The van der Waals surface area contributed by atoms with Crippen LogP contribution in [-0.2, 0) is 9.59 Å². The number of hydrogen-bond donors (Lipinski definition) is 4. The molecule has 0 fully saturated rings. The Morgan fingerprint density at radius 2 is 1.24 bits per heavy atom. The Labute approximate surface area is 369 Å². The van der Waals surface area contributed by atoms with E-state index in [0.717, 1.165) is 74.0 Å². The van der Waals surface area contributed by atoms with Gasteiger partial charge in [0.25, 0.3) is 0 Å². The number of unbranched alkanes of at least 4 members (excludes halogenated alkanes) is 3. The van der Waals surface area contributed by atoms with Gasteiger partial charge in [-0.15, -0.1) is 0 Å². The first-order valence-electron chi connectivity index (χ1n) is 22.5. The summed E-state index contributed by atoms with van der Waals surface area (Å²) < 4.78 is 0. The zero-order valence-corrected chi connectivity index (χ0v) is 38.7. The van der Waals surface area contributed by atoms with Gasteiger partial charge in [0.05, 0.1) is 0 Å². The Balaban J connectivity index is 0.000000233. The summed E-state index contributed by atoms with van der Waals surface area (Å²) in [7, 11) is 0. The predicted octanol–water partition coefficient (Wildman–Crippen LogP) is 11.4. The largest absolute Gasteiger partial charge is 0.472 e. The normalized spacial score (nSPS) is 15.2. The smallest absolute Gasteiger partial charge is 0.382 e. The monoisotopic (exact) mass is 847 g/mol. The summed E-state index contributed by atoms with van der Waals surface area (Å²) in [6.07, 6.45) is 19.4. The topological polar surface area (TPSA) is 147 Å². The minimum Gasteiger partial charge on any atom is -0.472 e. The first kappa shape index (κ1) is 49.4.